The monoisotopic (exact) mass is 131 g/mol. The molecule has 0 saturated carbocycles. The van der Waals surface area contributed by atoms with Gasteiger partial charge in [0.15, 0.2) is 0 Å². The predicted molar refractivity (Wildman–Crippen MR) is 34.0 cm³/mol. The number of nitrogens with two attached hydrogens (primary N) is 1. The molecular formula is C6H13NO2. The van der Waals surface area contributed by atoms with Crippen molar-refractivity contribution in [2.45, 2.75) is 12.5 Å². The number of hydrogen-bond acceptors (Lipinski definition) is 3. The second kappa shape index (κ2) is 3.15. The Balaban J connectivity index is 2.24. The summed E-state index contributed by atoms with van der Waals surface area (Å²) in [4.78, 5) is 0. The zero-order valence-electron chi connectivity index (χ0n) is 5.42. The van der Waals surface area contributed by atoms with E-state index in [1.165, 1.54) is 0 Å². The second-order valence-electron chi connectivity index (χ2n) is 2.47. The molecule has 0 aromatic heterocycles. The van der Waals surface area contributed by atoms with Gasteiger partial charge in [-0.25, -0.2) is 0 Å². The van der Waals surface area contributed by atoms with E-state index in [2.05, 4.69) is 0 Å². The van der Waals surface area contributed by atoms with Crippen molar-refractivity contribution in [2.24, 2.45) is 11.7 Å². The Morgan fingerprint density at radius 3 is 3.00 bits per heavy atom. The van der Waals surface area contributed by atoms with Gasteiger partial charge in [0.25, 0.3) is 0 Å². The van der Waals surface area contributed by atoms with Crippen LogP contribution in [0.5, 0.6) is 0 Å². The largest absolute Gasteiger partial charge is 0.395 e. The standard InChI is InChI=1S/C6H13NO2/c7-6(3-8)5-1-2-9-4-5/h5-6,8H,1-4,7H2/t5-,6-/m0/s1. The first-order valence-electron chi connectivity index (χ1n) is 3.28. The summed E-state index contributed by atoms with van der Waals surface area (Å²) in [7, 11) is 0. The predicted octanol–water partition coefficient (Wildman–Crippen LogP) is -0.658. The van der Waals surface area contributed by atoms with Crippen LogP contribution < -0.4 is 5.73 Å². The molecule has 2 atom stereocenters. The first-order valence-corrected chi connectivity index (χ1v) is 3.28. The van der Waals surface area contributed by atoms with Crippen LogP contribution in [0, 0.1) is 5.92 Å². The van der Waals surface area contributed by atoms with Crippen molar-refractivity contribution in [3.8, 4) is 0 Å². The molecule has 1 saturated heterocycles. The maximum Gasteiger partial charge on any atom is 0.0586 e. The molecule has 0 spiro atoms. The lowest BCUT2D eigenvalue weighted by molar-refractivity contribution is 0.166. The normalized spacial score (nSPS) is 30.7. The molecular weight excluding hydrogens is 118 g/mol. The van der Waals surface area contributed by atoms with Crippen LogP contribution in [0.3, 0.4) is 0 Å². The highest BCUT2D eigenvalue weighted by Crippen LogP contribution is 2.14. The van der Waals surface area contributed by atoms with E-state index in [4.69, 9.17) is 15.6 Å². The third kappa shape index (κ3) is 1.64. The number of rotatable bonds is 2. The molecule has 3 heteroatoms. The van der Waals surface area contributed by atoms with Crippen LogP contribution in [0.2, 0.25) is 0 Å². The third-order valence-electron chi connectivity index (χ3n) is 1.78. The van der Waals surface area contributed by atoms with Crippen molar-refractivity contribution < 1.29 is 9.84 Å². The molecule has 0 aromatic rings. The van der Waals surface area contributed by atoms with E-state index in [9.17, 15) is 0 Å². The van der Waals surface area contributed by atoms with Gasteiger partial charge in [-0.2, -0.15) is 0 Å². The van der Waals surface area contributed by atoms with E-state index >= 15 is 0 Å². The van der Waals surface area contributed by atoms with Crippen molar-refractivity contribution in [1.29, 1.82) is 0 Å². The number of hydrogen-bond donors (Lipinski definition) is 2. The minimum Gasteiger partial charge on any atom is -0.395 e. The molecule has 0 aromatic carbocycles. The lowest BCUT2D eigenvalue weighted by atomic mass is 10.0. The summed E-state index contributed by atoms with van der Waals surface area (Å²) in [6.45, 7) is 1.61. The summed E-state index contributed by atoms with van der Waals surface area (Å²) in [5.41, 5.74) is 5.55. The van der Waals surface area contributed by atoms with Crippen molar-refractivity contribution in [3.63, 3.8) is 0 Å². The Kier molecular flexibility index (Phi) is 2.45. The molecule has 0 aliphatic carbocycles. The van der Waals surface area contributed by atoms with Gasteiger partial charge in [-0.15, -0.1) is 0 Å². The Morgan fingerprint density at radius 1 is 1.78 bits per heavy atom. The maximum atomic E-state index is 8.61. The Labute approximate surface area is 54.8 Å². The average molecular weight is 131 g/mol. The second-order valence-corrected chi connectivity index (χ2v) is 2.47. The Morgan fingerprint density at radius 2 is 2.56 bits per heavy atom. The number of aliphatic hydroxyl groups is 1. The van der Waals surface area contributed by atoms with Crippen molar-refractivity contribution in [1.82, 2.24) is 0 Å². The quantitative estimate of drug-likeness (QED) is 0.523. The van der Waals surface area contributed by atoms with E-state index in [1.54, 1.807) is 0 Å². The lowest BCUT2D eigenvalue weighted by Crippen LogP contribution is -2.33. The highest BCUT2D eigenvalue weighted by atomic mass is 16.5. The zero-order chi connectivity index (χ0) is 6.69. The summed E-state index contributed by atoms with van der Waals surface area (Å²) in [6, 6.07) is -0.0764. The van der Waals surface area contributed by atoms with Crippen molar-refractivity contribution in [3.05, 3.63) is 0 Å². The van der Waals surface area contributed by atoms with Crippen LogP contribution >= 0.6 is 0 Å². The van der Waals surface area contributed by atoms with Crippen LogP contribution in [0.25, 0.3) is 0 Å². The Hall–Kier alpha value is -0.120. The smallest absolute Gasteiger partial charge is 0.0586 e. The molecule has 0 unspecified atom stereocenters. The van der Waals surface area contributed by atoms with E-state index < -0.39 is 0 Å². The number of aliphatic hydroxyl groups excluding tert-OH is 1. The van der Waals surface area contributed by atoms with Gasteiger partial charge in [-0.3, -0.25) is 0 Å². The molecule has 1 heterocycles. The minimum atomic E-state index is -0.0764. The Bertz CT molecular complexity index is 81.1. The van der Waals surface area contributed by atoms with Gasteiger partial charge in [0, 0.05) is 18.6 Å². The summed E-state index contributed by atoms with van der Waals surface area (Å²) in [5, 5.41) is 8.61. The molecule has 1 aliphatic heterocycles. The molecule has 9 heavy (non-hydrogen) atoms. The molecule has 1 rings (SSSR count). The fraction of sp³-hybridized carbons (Fsp3) is 1.00. The van der Waals surface area contributed by atoms with E-state index in [0.29, 0.717) is 5.92 Å². The molecule has 1 aliphatic rings. The van der Waals surface area contributed by atoms with Gasteiger partial charge in [0.05, 0.1) is 13.2 Å². The molecule has 0 radical (unpaired) electrons. The molecule has 0 bridgehead atoms. The maximum absolute atomic E-state index is 8.61. The topological polar surface area (TPSA) is 55.5 Å². The van der Waals surface area contributed by atoms with Crippen molar-refractivity contribution in [2.75, 3.05) is 19.8 Å². The first kappa shape index (κ1) is 6.99. The lowest BCUT2D eigenvalue weighted by Gasteiger charge is -2.13. The molecule has 54 valence electrons. The minimum absolute atomic E-state index is 0.0764. The van der Waals surface area contributed by atoms with Gasteiger partial charge in [-0.1, -0.05) is 0 Å². The van der Waals surface area contributed by atoms with Crippen LogP contribution in [-0.2, 0) is 4.74 Å². The average Bonchev–Trinajstić information content (AvgIpc) is 2.37. The summed E-state index contributed by atoms with van der Waals surface area (Å²) < 4.78 is 5.09. The van der Waals surface area contributed by atoms with Crippen LogP contribution in [0.1, 0.15) is 6.42 Å². The van der Waals surface area contributed by atoms with E-state index in [1.807, 2.05) is 0 Å². The molecule has 0 amide bonds. The van der Waals surface area contributed by atoms with Gasteiger partial charge >= 0.3 is 0 Å². The van der Waals surface area contributed by atoms with Crippen molar-refractivity contribution >= 4 is 0 Å². The van der Waals surface area contributed by atoms with Gasteiger partial charge < -0.3 is 15.6 Å². The molecule has 3 N–H and O–H groups in total. The SMILES string of the molecule is N[C@@H](CO)[C@H]1CCOC1. The summed E-state index contributed by atoms with van der Waals surface area (Å²) in [5.74, 6) is 0.384. The summed E-state index contributed by atoms with van der Waals surface area (Å²) in [6.07, 6.45) is 1.00. The molecule has 3 nitrogen and oxygen atoms in total. The van der Waals surface area contributed by atoms with E-state index in [0.717, 1.165) is 19.6 Å². The fourth-order valence-corrected chi connectivity index (χ4v) is 1.04. The first-order chi connectivity index (χ1) is 4.34. The third-order valence-corrected chi connectivity index (χ3v) is 1.78. The van der Waals surface area contributed by atoms with Gasteiger partial charge in [-0.05, 0) is 6.42 Å². The molecule has 1 fully saturated rings. The summed E-state index contributed by atoms with van der Waals surface area (Å²) >= 11 is 0. The van der Waals surface area contributed by atoms with Gasteiger partial charge in [0.1, 0.15) is 0 Å². The van der Waals surface area contributed by atoms with Crippen LogP contribution in [0.4, 0.5) is 0 Å². The number of ether oxygens (including phenoxy) is 1. The van der Waals surface area contributed by atoms with Crippen LogP contribution in [0.15, 0.2) is 0 Å². The van der Waals surface area contributed by atoms with E-state index in [-0.39, 0.29) is 12.6 Å². The zero-order valence-corrected chi connectivity index (χ0v) is 5.42. The highest BCUT2D eigenvalue weighted by Gasteiger charge is 2.21. The fourth-order valence-electron chi connectivity index (χ4n) is 1.04. The van der Waals surface area contributed by atoms with Crippen LogP contribution in [-0.4, -0.2) is 31.0 Å². The van der Waals surface area contributed by atoms with Gasteiger partial charge in [0.2, 0.25) is 0 Å². The highest BCUT2D eigenvalue weighted by molar-refractivity contribution is 4.74.